The van der Waals surface area contributed by atoms with E-state index in [4.69, 9.17) is 0 Å². The molecule has 0 saturated carbocycles. The largest absolute Gasteiger partial charge is 0.386 e. The van der Waals surface area contributed by atoms with Gasteiger partial charge in [0.25, 0.3) is 0 Å². The van der Waals surface area contributed by atoms with E-state index in [-0.39, 0.29) is 0 Å². The molecule has 3 nitrogen and oxygen atoms in total. The number of aliphatic hydroxyl groups excluding tert-OH is 1. The summed E-state index contributed by atoms with van der Waals surface area (Å²) in [5.41, 5.74) is 1.77. The number of aromatic nitrogens is 2. The summed E-state index contributed by atoms with van der Waals surface area (Å²) < 4.78 is 0. The third-order valence-corrected chi connectivity index (χ3v) is 3.29. The van der Waals surface area contributed by atoms with Gasteiger partial charge >= 0.3 is 0 Å². The van der Waals surface area contributed by atoms with Crippen molar-refractivity contribution in [2.75, 3.05) is 0 Å². The van der Waals surface area contributed by atoms with Crippen LogP contribution in [0.3, 0.4) is 0 Å². The van der Waals surface area contributed by atoms with Gasteiger partial charge in [-0.2, -0.15) is 0 Å². The van der Waals surface area contributed by atoms with Crippen molar-refractivity contribution >= 4 is 22.7 Å². The van der Waals surface area contributed by atoms with E-state index in [1.54, 1.807) is 29.2 Å². The van der Waals surface area contributed by atoms with Gasteiger partial charge in [0, 0.05) is 29.1 Å². The Morgan fingerprint density at radius 2 is 2.38 bits per heavy atom. The summed E-state index contributed by atoms with van der Waals surface area (Å²) in [4.78, 5) is 9.08. The first-order valence-corrected chi connectivity index (χ1v) is 5.57. The molecule has 1 atom stereocenters. The molecule has 0 aliphatic heterocycles. The minimum Gasteiger partial charge on any atom is -0.386 e. The van der Waals surface area contributed by atoms with E-state index in [2.05, 4.69) is 9.97 Å². The lowest BCUT2D eigenvalue weighted by Gasteiger charge is -2.03. The molecule has 0 radical (unpaired) electrons. The molecule has 0 aromatic carbocycles. The van der Waals surface area contributed by atoms with Gasteiger partial charge < -0.3 is 5.11 Å². The van der Waals surface area contributed by atoms with Crippen molar-refractivity contribution in [3.8, 4) is 0 Å². The molecule has 68 valence electrons. The molecule has 1 unspecified atom stereocenters. The predicted octanol–water partition coefficient (Wildman–Crippen LogP) is 1.88. The van der Waals surface area contributed by atoms with Crippen LogP contribution in [0.25, 0.3) is 0 Å². The van der Waals surface area contributed by atoms with Gasteiger partial charge in [-0.3, -0.25) is 4.98 Å². The second-order valence-electron chi connectivity index (χ2n) is 2.56. The molecule has 2 heterocycles. The Labute approximate surface area is 83.7 Å². The topological polar surface area (TPSA) is 46.0 Å². The van der Waals surface area contributed by atoms with Crippen LogP contribution in [0.2, 0.25) is 0 Å². The minimum absolute atomic E-state index is 0.486. The van der Waals surface area contributed by atoms with Gasteiger partial charge in [0.15, 0.2) is 0 Å². The van der Waals surface area contributed by atoms with Crippen LogP contribution in [0.15, 0.2) is 23.3 Å². The predicted molar refractivity (Wildman–Crippen MR) is 52.9 cm³/mol. The summed E-state index contributed by atoms with van der Waals surface area (Å²) in [5, 5.41) is 12.3. The highest BCUT2D eigenvalue weighted by Crippen LogP contribution is 2.21. The van der Waals surface area contributed by atoms with Crippen LogP contribution in [0, 0.1) is 0 Å². The number of hydrogen-bond donors (Lipinski definition) is 1. The van der Waals surface area contributed by atoms with Gasteiger partial charge in [0.1, 0.15) is 11.1 Å². The number of hydrogen-bond acceptors (Lipinski definition) is 5. The van der Waals surface area contributed by atoms with Crippen molar-refractivity contribution in [2.24, 2.45) is 0 Å². The van der Waals surface area contributed by atoms with Crippen LogP contribution in [0.1, 0.15) is 16.0 Å². The lowest BCUT2D eigenvalue weighted by molar-refractivity contribution is 0.179. The van der Waals surface area contributed by atoms with Gasteiger partial charge in [-0.25, -0.2) is 4.98 Å². The fraction of sp³-hybridized carbons (Fsp3) is 0.250. The zero-order valence-corrected chi connectivity index (χ0v) is 8.38. The Balaban J connectivity index is 2.04. The Morgan fingerprint density at radius 3 is 3.00 bits per heavy atom. The standard InChI is InChI=1S/C8H8N2OS2/c11-7(8-10-1-2-12-8)3-6-4-9-5-13-6/h1-2,4-5,7,11H,3H2. The second-order valence-corrected chi connectivity index (χ2v) is 4.46. The molecule has 2 aromatic rings. The third kappa shape index (κ3) is 2.12. The molecular weight excluding hydrogens is 204 g/mol. The summed E-state index contributed by atoms with van der Waals surface area (Å²) in [7, 11) is 0. The molecule has 0 bridgehead atoms. The molecule has 0 aliphatic rings. The van der Waals surface area contributed by atoms with Crippen molar-refractivity contribution in [2.45, 2.75) is 12.5 Å². The van der Waals surface area contributed by atoms with E-state index in [1.807, 2.05) is 5.38 Å². The Kier molecular flexibility index (Phi) is 2.68. The summed E-state index contributed by atoms with van der Waals surface area (Å²) >= 11 is 3.03. The number of nitrogens with zero attached hydrogens (tertiary/aromatic N) is 2. The highest BCUT2D eigenvalue weighted by molar-refractivity contribution is 7.10. The van der Waals surface area contributed by atoms with Gasteiger partial charge in [0.05, 0.1) is 5.51 Å². The average molecular weight is 212 g/mol. The Bertz CT molecular complexity index is 344. The minimum atomic E-state index is -0.486. The van der Waals surface area contributed by atoms with Crippen LogP contribution in [-0.4, -0.2) is 15.1 Å². The molecule has 0 fully saturated rings. The quantitative estimate of drug-likeness (QED) is 0.845. The first-order valence-electron chi connectivity index (χ1n) is 3.81. The summed E-state index contributed by atoms with van der Waals surface area (Å²) in [5.74, 6) is 0. The van der Waals surface area contributed by atoms with E-state index >= 15 is 0 Å². The lowest BCUT2D eigenvalue weighted by Crippen LogP contribution is -1.99. The fourth-order valence-electron chi connectivity index (χ4n) is 1.02. The van der Waals surface area contributed by atoms with E-state index < -0.39 is 6.10 Å². The van der Waals surface area contributed by atoms with E-state index in [0.29, 0.717) is 6.42 Å². The van der Waals surface area contributed by atoms with Crippen LogP contribution in [0.4, 0.5) is 0 Å². The summed E-state index contributed by atoms with van der Waals surface area (Å²) in [6.45, 7) is 0. The molecular formula is C8H8N2OS2. The summed E-state index contributed by atoms with van der Waals surface area (Å²) in [6, 6.07) is 0. The van der Waals surface area contributed by atoms with Crippen molar-refractivity contribution in [1.29, 1.82) is 0 Å². The fourth-order valence-corrected chi connectivity index (χ4v) is 2.28. The van der Waals surface area contributed by atoms with Crippen molar-refractivity contribution < 1.29 is 5.11 Å². The van der Waals surface area contributed by atoms with E-state index in [1.165, 1.54) is 11.3 Å². The Hall–Kier alpha value is -0.780. The van der Waals surface area contributed by atoms with E-state index in [9.17, 15) is 5.11 Å². The maximum atomic E-state index is 9.71. The zero-order valence-electron chi connectivity index (χ0n) is 6.75. The lowest BCUT2D eigenvalue weighted by atomic mass is 10.2. The zero-order chi connectivity index (χ0) is 9.10. The molecule has 0 aliphatic carbocycles. The van der Waals surface area contributed by atoms with Gasteiger partial charge in [-0.15, -0.1) is 22.7 Å². The Morgan fingerprint density at radius 1 is 1.46 bits per heavy atom. The molecule has 5 heteroatoms. The molecule has 0 saturated heterocycles. The van der Waals surface area contributed by atoms with Crippen molar-refractivity contribution in [1.82, 2.24) is 9.97 Å². The maximum Gasteiger partial charge on any atom is 0.122 e. The van der Waals surface area contributed by atoms with Crippen LogP contribution < -0.4 is 0 Å². The number of thiazole rings is 2. The molecule has 0 amide bonds. The van der Waals surface area contributed by atoms with Crippen molar-refractivity contribution in [3.63, 3.8) is 0 Å². The SMILES string of the molecule is OC(Cc1cncs1)c1nccs1. The maximum absolute atomic E-state index is 9.71. The molecule has 1 N–H and O–H groups in total. The highest BCUT2D eigenvalue weighted by Gasteiger charge is 2.11. The number of rotatable bonds is 3. The van der Waals surface area contributed by atoms with Crippen LogP contribution >= 0.6 is 22.7 Å². The smallest absolute Gasteiger partial charge is 0.122 e. The normalized spacial score (nSPS) is 13.0. The first kappa shape index (κ1) is 8.80. The monoisotopic (exact) mass is 212 g/mol. The van der Waals surface area contributed by atoms with Gasteiger partial charge in [-0.05, 0) is 0 Å². The second kappa shape index (κ2) is 3.95. The number of aliphatic hydroxyl groups is 1. The van der Waals surface area contributed by atoms with Gasteiger partial charge in [-0.1, -0.05) is 0 Å². The van der Waals surface area contributed by atoms with Crippen LogP contribution in [0.5, 0.6) is 0 Å². The van der Waals surface area contributed by atoms with E-state index in [0.717, 1.165) is 9.88 Å². The average Bonchev–Trinajstić information content (AvgIpc) is 2.74. The molecule has 2 aromatic heterocycles. The molecule has 13 heavy (non-hydrogen) atoms. The first-order chi connectivity index (χ1) is 6.36. The van der Waals surface area contributed by atoms with Gasteiger partial charge in [0.2, 0.25) is 0 Å². The van der Waals surface area contributed by atoms with Crippen molar-refractivity contribution in [3.05, 3.63) is 33.2 Å². The van der Waals surface area contributed by atoms with Crippen LogP contribution in [-0.2, 0) is 6.42 Å². The molecule has 0 spiro atoms. The highest BCUT2D eigenvalue weighted by atomic mass is 32.1. The summed E-state index contributed by atoms with van der Waals surface area (Å²) in [6.07, 6.45) is 3.61. The third-order valence-electron chi connectivity index (χ3n) is 1.61. The molecule has 2 rings (SSSR count).